The van der Waals surface area contributed by atoms with Crippen molar-refractivity contribution >= 4 is 23.8 Å². The number of nitrogens with two attached hydrogens (primary N) is 2. The lowest BCUT2D eigenvalue weighted by atomic mass is 10.1. The number of ether oxygens (including phenoxy) is 3. The summed E-state index contributed by atoms with van der Waals surface area (Å²) in [4.78, 5) is 44.8. The predicted molar refractivity (Wildman–Crippen MR) is 162 cm³/mol. The molecule has 0 heterocycles. The van der Waals surface area contributed by atoms with E-state index in [1.54, 1.807) is 41.5 Å². The molecular formula is C32H45N3O7. The second-order valence-corrected chi connectivity index (χ2v) is 8.21. The van der Waals surface area contributed by atoms with E-state index in [-0.39, 0.29) is 61.6 Å². The van der Waals surface area contributed by atoms with Crippen LogP contribution in [0.4, 0.5) is 0 Å². The monoisotopic (exact) mass is 583 g/mol. The van der Waals surface area contributed by atoms with Crippen molar-refractivity contribution in [3.63, 3.8) is 0 Å². The third-order valence-electron chi connectivity index (χ3n) is 4.58. The van der Waals surface area contributed by atoms with Crippen molar-refractivity contribution in [1.29, 1.82) is 0 Å². The molecule has 5 N–H and O–H groups in total. The third-order valence-corrected chi connectivity index (χ3v) is 4.58. The van der Waals surface area contributed by atoms with Crippen LogP contribution < -0.4 is 16.8 Å². The molecule has 0 radical (unpaired) electrons. The lowest BCUT2D eigenvalue weighted by molar-refractivity contribution is -0.144. The molecule has 1 aromatic rings. The zero-order valence-electron chi connectivity index (χ0n) is 25.6. The van der Waals surface area contributed by atoms with Crippen molar-refractivity contribution in [2.75, 3.05) is 19.8 Å². The Bertz CT molecular complexity index is 1080. The Morgan fingerprint density at radius 3 is 1.48 bits per heavy atom. The lowest BCUT2D eigenvalue weighted by Gasteiger charge is -2.12. The third kappa shape index (κ3) is 24.7. The molecule has 230 valence electrons. The van der Waals surface area contributed by atoms with Crippen LogP contribution in [0.15, 0.2) is 30.3 Å². The Morgan fingerprint density at radius 2 is 1.10 bits per heavy atom. The van der Waals surface area contributed by atoms with Crippen molar-refractivity contribution in [3.05, 3.63) is 35.9 Å². The van der Waals surface area contributed by atoms with Gasteiger partial charge in [-0.25, -0.2) is 0 Å². The number of carbonyl (C=O) groups excluding carboxylic acids is 4. The second-order valence-electron chi connectivity index (χ2n) is 8.21. The van der Waals surface area contributed by atoms with Crippen LogP contribution in [0.25, 0.3) is 0 Å². The fraction of sp³-hybridized carbons (Fsp3) is 0.500. The zero-order valence-corrected chi connectivity index (χ0v) is 25.6. The van der Waals surface area contributed by atoms with E-state index in [9.17, 15) is 19.2 Å². The highest BCUT2D eigenvalue weighted by atomic mass is 16.5. The van der Waals surface area contributed by atoms with Gasteiger partial charge in [0, 0.05) is 0 Å². The van der Waals surface area contributed by atoms with E-state index in [0.29, 0.717) is 19.8 Å². The molecule has 3 atom stereocenters. The Labute approximate surface area is 250 Å². The Hall–Kier alpha value is -4.30. The van der Waals surface area contributed by atoms with E-state index < -0.39 is 6.04 Å². The molecule has 42 heavy (non-hydrogen) atoms. The predicted octanol–water partition coefficient (Wildman–Crippen LogP) is 2.27. The summed E-state index contributed by atoms with van der Waals surface area (Å²) in [5.41, 5.74) is 11.8. The summed E-state index contributed by atoms with van der Waals surface area (Å²) in [5.74, 6) is 15.0. The molecular weight excluding hydrogens is 538 g/mol. The van der Waals surface area contributed by atoms with E-state index in [1.165, 1.54) is 0 Å². The van der Waals surface area contributed by atoms with E-state index in [0.717, 1.165) is 5.56 Å². The molecule has 0 fully saturated rings. The van der Waals surface area contributed by atoms with E-state index in [2.05, 4.69) is 50.3 Å². The Balaban J connectivity index is 0. The molecule has 1 aromatic carbocycles. The van der Waals surface area contributed by atoms with Crippen LogP contribution in [0.2, 0.25) is 0 Å². The number of esters is 3. The minimum Gasteiger partial charge on any atom is -0.466 e. The van der Waals surface area contributed by atoms with Gasteiger partial charge in [0.25, 0.3) is 0 Å². The van der Waals surface area contributed by atoms with Crippen LogP contribution in [0.5, 0.6) is 0 Å². The van der Waals surface area contributed by atoms with Crippen LogP contribution in [0.1, 0.15) is 66.4 Å². The Morgan fingerprint density at radius 1 is 0.690 bits per heavy atom. The van der Waals surface area contributed by atoms with Crippen molar-refractivity contribution in [1.82, 2.24) is 5.32 Å². The summed E-state index contributed by atoms with van der Waals surface area (Å²) in [6, 6.07) is 8.13. The summed E-state index contributed by atoms with van der Waals surface area (Å²) < 4.78 is 14.2. The second kappa shape index (κ2) is 26.9. The SMILES string of the molecule is CC#CC(N)CC(=O)OCC.CC#C[C@@H](CC(=O)OCC)NC(=O)Cc1ccccc1.CC#C[C@@H](N)CC(=O)OCC. The minimum absolute atomic E-state index is 0.0647. The number of hydrogen-bond donors (Lipinski definition) is 3. The minimum atomic E-state index is -0.504. The molecule has 0 bridgehead atoms. The maximum Gasteiger partial charge on any atom is 0.308 e. The molecule has 0 aliphatic rings. The average Bonchev–Trinajstić information content (AvgIpc) is 2.90. The molecule has 0 aromatic heterocycles. The van der Waals surface area contributed by atoms with Crippen LogP contribution in [0.3, 0.4) is 0 Å². The number of benzene rings is 1. The van der Waals surface area contributed by atoms with Gasteiger partial charge < -0.3 is 31.0 Å². The molecule has 0 spiro atoms. The number of nitrogens with one attached hydrogen (secondary N) is 1. The first-order chi connectivity index (χ1) is 20.1. The molecule has 1 unspecified atom stereocenters. The first-order valence-electron chi connectivity index (χ1n) is 13.6. The van der Waals surface area contributed by atoms with Crippen LogP contribution >= 0.6 is 0 Å². The standard InChI is InChI=1S/C16H19NO3.2C8H13NO2/c1-3-8-14(12-16(19)20-4-2)17-15(18)11-13-9-6-5-7-10-13;2*1-3-5-7(9)6-8(10)11-4-2/h5-7,9-10,14H,4,11-12H2,1-2H3,(H,17,18);2*7H,4,6,9H2,1-2H3/t14-;7-;/m01./s1. The maximum atomic E-state index is 11.9. The quantitative estimate of drug-likeness (QED) is 0.191. The van der Waals surface area contributed by atoms with Gasteiger partial charge in [0.1, 0.15) is 6.04 Å². The van der Waals surface area contributed by atoms with Gasteiger partial charge in [0.15, 0.2) is 0 Å². The number of rotatable bonds is 12. The zero-order chi connectivity index (χ0) is 32.2. The highest BCUT2D eigenvalue weighted by Gasteiger charge is 2.15. The van der Waals surface area contributed by atoms with Crippen molar-refractivity contribution < 1.29 is 33.4 Å². The van der Waals surface area contributed by atoms with Gasteiger partial charge in [0.2, 0.25) is 5.91 Å². The van der Waals surface area contributed by atoms with Gasteiger partial charge in [-0.05, 0) is 47.1 Å². The summed E-state index contributed by atoms with van der Waals surface area (Å²) in [6.07, 6.45) is 0.685. The highest BCUT2D eigenvalue weighted by molar-refractivity contribution is 5.80. The summed E-state index contributed by atoms with van der Waals surface area (Å²) in [5, 5.41) is 2.74. The van der Waals surface area contributed by atoms with E-state index in [1.807, 2.05) is 30.3 Å². The normalized spacial score (nSPS) is 11.0. The van der Waals surface area contributed by atoms with E-state index >= 15 is 0 Å². The van der Waals surface area contributed by atoms with Gasteiger partial charge in [-0.2, -0.15) is 0 Å². The molecule has 0 aliphatic carbocycles. The van der Waals surface area contributed by atoms with Gasteiger partial charge >= 0.3 is 17.9 Å². The Kier molecular flexibility index (Phi) is 25.5. The number of amides is 1. The first kappa shape index (κ1) is 39.8. The van der Waals surface area contributed by atoms with Gasteiger partial charge in [0.05, 0.1) is 57.6 Å². The molecule has 10 heteroatoms. The largest absolute Gasteiger partial charge is 0.466 e. The fourth-order valence-electron chi connectivity index (χ4n) is 3.00. The van der Waals surface area contributed by atoms with Crippen LogP contribution in [-0.2, 0) is 39.8 Å². The molecule has 0 aliphatic heterocycles. The lowest BCUT2D eigenvalue weighted by Crippen LogP contribution is -2.36. The average molecular weight is 584 g/mol. The highest BCUT2D eigenvalue weighted by Crippen LogP contribution is 2.01. The van der Waals surface area contributed by atoms with Crippen LogP contribution in [0, 0.1) is 35.5 Å². The number of carbonyl (C=O) groups is 4. The van der Waals surface area contributed by atoms with Gasteiger partial charge in [-0.1, -0.05) is 48.1 Å². The van der Waals surface area contributed by atoms with Crippen molar-refractivity contribution in [2.24, 2.45) is 11.5 Å². The van der Waals surface area contributed by atoms with Crippen molar-refractivity contribution in [2.45, 2.75) is 85.4 Å². The van der Waals surface area contributed by atoms with Crippen molar-refractivity contribution in [3.8, 4) is 35.5 Å². The first-order valence-corrected chi connectivity index (χ1v) is 13.6. The molecule has 1 amide bonds. The van der Waals surface area contributed by atoms with E-state index in [4.69, 9.17) is 16.2 Å². The smallest absolute Gasteiger partial charge is 0.308 e. The molecule has 1 rings (SSSR count). The molecule has 0 saturated heterocycles. The fourth-order valence-corrected chi connectivity index (χ4v) is 3.00. The summed E-state index contributed by atoms with van der Waals surface area (Å²) in [7, 11) is 0. The maximum absolute atomic E-state index is 11.9. The molecule has 0 saturated carbocycles. The topological polar surface area (TPSA) is 160 Å². The summed E-state index contributed by atoms with van der Waals surface area (Å²) >= 11 is 0. The summed E-state index contributed by atoms with van der Waals surface area (Å²) in [6.45, 7) is 11.4. The van der Waals surface area contributed by atoms with Gasteiger partial charge in [-0.15, -0.1) is 17.8 Å². The van der Waals surface area contributed by atoms with Crippen LogP contribution in [-0.4, -0.2) is 61.8 Å². The molecule has 10 nitrogen and oxygen atoms in total. The van der Waals surface area contributed by atoms with Gasteiger partial charge in [-0.3, -0.25) is 19.2 Å². The number of hydrogen-bond acceptors (Lipinski definition) is 9.